The van der Waals surface area contributed by atoms with Crippen LogP contribution < -0.4 is 5.73 Å². The highest BCUT2D eigenvalue weighted by Crippen LogP contribution is 2.69. The molecule has 2 bridgehead atoms. The van der Waals surface area contributed by atoms with E-state index in [-0.39, 0.29) is 0 Å². The van der Waals surface area contributed by atoms with E-state index in [9.17, 15) is 0 Å². The van der Waals surface area contributed by atoms with Gasteiger partial charge in [-0.2, -0.15) is 0 Å². The Bertz CT molecular complexity index is 174. The molecule has 0 radical (unpaired) electrons. The first-order valence-corrected chi connectivity index (χ1v) is 4.26. The monoisotopic (exact) mass is 139 g/mol. The van der Waals surface area contributed by atoms with Gasteiger partial charge in [-0.05, 0) is 29.6 Å². The second-order valence-electron chi connectivity index (χ2n) is 4.81. The Balaban J connectivity index is 2.35. The molecule has 0 aliphatic heterocycles. The maximum Gasteiger partial charge on any atom is 0.0132 e. The van der Waals surface area contributed by atoms with Gasteiger partial charge in [-0.25, -0.2) is 0 Å². The van der Waals surface area contributed by atoms with Crippen LogP contribution in [0.25, 0.3) is 0 Å². The van der Waals surface area contributed by atoms with Crippen LogP contribution in [0.4, 0.5) is 0 Å². The molecule has 3 fully saturated rings. The fourth-order valence-corrected chi connectivity index (χ4v) is 3.13. The predicted molar refractivity (Wildman–Crippen MR) is 42.6 cm³/mol. The van der Waals surface area contributed by atoms with Crippen LogP contribution in [0.1, 0.15) is 33.6 Å². The van der Waals surface area contributed by atoms with Crippen molar-refractivity contribution in [1.29, 1.82) is 0 Å². The lowest BCUT2D eigenvalue weighted by Crippen LogP contribution is -2.62. The van der Waals surface area contributed by atoms with E-state index >= 15 is 0 Å². The van der Waals surface area contributed by atoms with Crippen LogP contribution in [0.15, 0.2) is 0 Å². The van der Waals surface area contributed by atoms with Gasteiger partial charge in [0.15, 0.2) is 0 Å². The lowest BCUT2D eigenvalue weighted by Gasteiger charge is -2.58. The van der Waals surface area contributed by atoms with E-state index in [1.54, 1.807) is 0 Å². The molecule has 58 valence electrons. The summed E-state index contributed by atoms with van der Waals surface area (Å²) in [7, 11) is 0. The van der Waals surface area contributed by atoms with Crippen molar-refractivity contribution in [3.8, 4) is 0 Å². The topological polar surface area (TPSA) is 26.0 Å². The number of hydrogen-bond acceptors (Lipinski definition) is 1. The zero-order chi connectivity index (χ0) is 7.57. The minimum absolute atomic E-state index is 0.470. The molecule has 0 spiro atoms. The summed E-state index contributed by atoms with van der Waals surface area (Å²) in [5.41, 5.74) is 7.04. The SMILES string of the molecule is CC1(C)[C@H]2CC[C@@]1(C)[C@H]2N. The molecule has 3 saturated carbocycles. The Kier molecular flexibility index (Phi) is 0.949. The summed E-state index contributed by atoms with van der Waals surface area (Å²) in [4.78, 5) is 0. The minimum atomic E-state index is 0.470. The van der Waals surface area contributed by atoms with E-state index in [0.717, 1.165) is 5.92 Å². The Labute approximate surface area is 63.0 Å². The van der Waals surface area contributed by atoms with Gasteiger partial charge in [0, 0.05) is 6.04 Å². The van der Waals surface area contributed by atoms with Crippen molar-refractivity contribution in [2.75, 3.05) is 0 Å². The third kappa shape index (κ3) is 0.402. The molecule has 0 aromatic carbocycles. The molecule has 0 amide bonds. The van der Waals surface area contributed by atoms with Crippen LogP contribution in [-0.2, 0) is 0 Å². The van der Waals surface area contributed by atoms with Crippen molar-refractivity contribution in [2.45, 2.75) is 39.7 Å². The van der Waals surface area contributed by atoms with Crippen molar-refractivity contribution in [2.24, 2.45) is 22.5 Å². The maximum atomic E-state index is 6.04. The summed E-state index contributed by atoms with van der Waals surface area (Å²) in [5.74, 6) is 0.817. The molecule has 0 saturated heterocycles. The van der Waals surface area contributed by atoms with Crippen molar-refractivity contribution in [3.63, 3.8) is 0 Å². The minimum Gasteiger partial charge on any atom is -0.327 e. The average molecular weight is 139 g/mol. The van der Waals surface area contributed by atoms with Crippen molar-refractivity contribution in [1.82, 2.24) is 0 Å². The average Bonchev–Trinajstić information content (AvgIpc) is 2.23. The molecule has 3 atom stereocenters. The molecule has 1 heteroatoms. The third-order valence-corrected chi connectivity index (χ3v) is 4.54. The van der Waals surface area contributed by atoms with E-state index in [2.05, 4.69) is 20.8 Å². The second kappa shape index (κ2) is 1.42. The number of fused-ring (bicyclic) bond motifs is 1. The summed E-state index contributed by atoms with van der Waals surface area (Å²) >= 11 is 0. The molecular formula is C9H17N. The predicted octanol–water partition coefficient (Wildman–Crippen LogP) is 1.77. The van der Waals surface area contributed by atoms with Gasteiger partial charge >= 0.3 is 0 Å². The zero-order valence-corrected chi connectivity index (χ0v) is 7.15. The fourth-order valence-electron chi connectivity index (χ4n) is 3.13. The van der Waals surface area contributed by atoms with Crippen LogP contribution in [0.2, 0.25) is 0 Å². The molecule has 0 aromatic heterocycles. The maximum absolute atomic E-state index is 6.04. The van der Waals surface area contributed by atoms with Gasteiger partial charge in [-0.15, -0.1) is 0 Å². The molecule has 2 N–H and O–H groups in total. The number of nitrogens with two attached hydrogens (primary N) is 1. The molecule has 3 aliphatic carbocycles. The van der Waals surface area contributed by atoms with Gasteiger partial charge in [0.1, 0.15) is 0 Å². The molecular weight excluding hydrogens is 122 g/mol. The lowest BCUT2D eigenvalue weighted by molar-refractivity contribution is -0.0668. The van der Waals surface area contributed by atoms with E-state index in [0.29, 0.717) is 16.9 Å². The third-order valence-electron chi connectivity index (χ3n) is 4.54. The summed E-state index contributed by atoms with van der Waals surface area (Å²) in [6.07, 6.45) is 2.72. The smallest absolute Gasteiger partial charge is 0.0132 e. The van der Waals surface area contributed by atoms with Gasteiger partial charge in [-0.3, -0.25) is 0 Å². The van der Waals surface area contributed by atoms with E-state index < -0.39 is 0 Å². The second-order valence-corrected chi connectivity index (χ2v) is 4.81. The van der Waals surface area contributed by atoms with Gasteiger partial charge in [-0.1, -0.05) is 20.8 Å². The Morgan fingerprint density at radius 3 is 2.00 bits per heavy atom. The fraction of sp³-hybridized carbons (Fsp3) is 1.00. The Morgan fingerprint density at radius 2 is 1.90 bits per heavy atom. The Morgan fingerprint density at radius 1 is 1.30 bits per heavy atom. The molecule has 10 heavy (non-hydrogen) atoms. The van der Waals surface area contributed by atoms with Crippen LogP contribution >= 0.6 is 0 Å². The van der Waals surface area contributed by atoms with Gasteiger partial charge in [0.2, 0.25) is 0 Å². The summed E-state index contributed by atoms with van der Waals surface area (Å²) in [5, 5.41) is 0. The molecule has 0 aromatic rings. The van der Waals surface area contributed by atoms with Crippen molar-refractivity contribution in [3.05, 3.63) is 0 Å². The van der Waals surface area contributed by atoms with Crippen LogP contribution in [0.3, 0.4) is 0 Å². The zero-order valence-electron chi connectivity index (χ0n) is 7.15. The van der Waals surface area contributed by atoms with E-state index in [1.165, 1.54) is 12.8 Å². The summed E-state index contributed by atoms with van der Waals surface area (Å²) in [6.45, 7) is 7.09. The van der Waals surface area contributed by atoms with Crippen molar-refractivity contribution >= 4 is 0 Å². The standard InChI is InChI=1S/C9H17N/c1-8(2)6-4-5-9(8,3)7(6)10/h6-7H,4-5,10H2,1-3H3/t6-,7-,9-/m0/s1. The summed E-state index contributed by atoms with van der Waals surface area (Å²) in [6, 6.07) is 0.502. The first kappa shape index (κ1) is 6.66. The molecule has 3 aliphatic rings. The number of rotatable bonds is 0. The van der Waals surface area contributed by atoms with Gasteiger partial charge in [0.05, 0.1) is 0 Å². The highest BCUT2D eigenvalue weighted by Gasteiger charge is 2.67. The summed E-state index contributed by atoms with van der Waals surface area (Å²) < 4.78 is 0. The highest BCUT2D eigenvalue weighted by molar-refractivity contribution is 5.19. The normalized spacial score (nSPS) is 56.4. The van der Waals surface area contributed by atoms with Crippen LogP contribution in [-0.4, -0.2) is 6.04 Å². The molecule has 0 unspecified atom stereocenters. The highest BCUT2D eigenvalue weighted by atomic mass is 14.9. The first-order chi connectivity index (χ1) is 4.50. The van der Waals surface area contributed by atoms with E-state index in [1.807, 2.05) is 0 Å². The van der Waals surface area contributed by atoms with Gasteiger partial charge < -0.3 is 5.73 Å². The molecule has 3 rings (SSSR count). The molecule has 1 nitrogen and oxygen atoms in total. The quantitative estimate of drug-likeness (QED) is 0.544. The molecule has 0 heterocycles. The number of hydrogen-bond donors (Lipinski definition) is 1. The van der Waals surface area contributed by atoms with Gasteiger partial charge in [0.25, 0.3) is 0 Å². The Hall–Kier alpha value is -0.0400. The van der Waals surface area contributed by atoms with Crippen molar-refractivity contribution < 1.29 is 0 Å². The lowest BCUT2D eigenvalue weighted by atomic mass is 9.49. The largest absolute Gasteiger partial charge is 0.327 e. The first-order valence-electron chi connectivity index (χ1n) is 4.26. The van der Waals surface area contributed by atoms with Crippen LogP contribution in [0, 0.1) is 16.7 Å². The van der Waals surface area contributed by atoms with Crippen LogP contribution in [0.5, 0.6) is 0 Å². The van der Waals surface area contributed by atoms with E-state index in [4.69, 9.17) is 5.73 Å².